The minimum Gasteiger partial charge on any atom is -0.0985 e. The van der Waals surface area contributed by atoms with Crippen molar-refractivity contribution in [2.45, 2.75) is 49.5 Å². The van der Waals surface area contributed by atoms with E-state index >= 15 is 0 Å². The van der Waals surface area contributed by atoms with Gasteiger partial charge in [-0.2, -0.15) is 0 Å². The van der Waals surface area contributed by atoms with Gasteiger partial charge < -0.3 is 0 Å². The maximum atomic E-state index is 3.91. The molecular weight excluding hydrogens is 252 g/mol. The van der Waals surface area contributed by atoms with Gasteiger partial charge in [0.15, 0.2) is 0 Å². The maximum absolute atomic E-state index is 3.91. The summed E-state index contributed by atoms with van der Waals surface area (Å²) >= 11 is 0. The van der Waals surface area contributed by atoms with Crippen LogP contribution in [0.5, 0.6) is 0 Å². The fourth-order valence-corrected chi connectivity index (χ4v) is 1.32. The lowest BCUT2D eigenvalue weighted by Crippen LogP contribution is -1.83. The van der Waals surface area contributed by atoms with E-state index in [1.165, 1.54) is 11.1 Å². The molecule has 1 aromatic carbocycles. The molecule has 0 aliphatic carbocycles. The first-order valence-electron chi connectivity index (χ1n) is 6.90. The number of allylic oxidation sites excluding steroid dienone is 4. The summed E-state index contributed by atoms with van der Waals surface area (Å²) in [5, 5.41) is 0. The van der Waals surface area contributed by atoms with Gasteiger partial charge in [-0.1, -0.05) is 98.7 Å². The number of hydrogen-bond donors (Lipinski definition) is 0. The molecule has 120 valence electrons. The molecule has 0 bridgehead atoms. The zero-order chi connectivity index (χ0) is 15.3. The summed E-state index contributed by atoms with van der Waals surface area (Å²) in [4.78, 5) is 0. The van der Waals surface area contributed by atoms with E-state index in [0.717, 1.165) is 11.1 Å². The predicted octanol–water partition coefficient (Wildman–Crippen LogP) is 7.63. The molecule has 21 heavy (non-hydrogen) atoms. The molecule has 0 amide bonds. The molecule has 0 N–H and O–H groups in total. The van der Waals surface area contributed by atoms with Crippen molar-refractivity contribution in [3.63, 3.8) is 0 Å². The van der Waals surface area contributed by atoms with Gasteiger partial charge >= 0.3 is 0 Å². The van der Waals surface area contributed by atoms with E-state index in [1.54, 1.807) is 12.2 Å². The summed E-state index contributed by atoms with van der Waals surface area (Å²) in [5.41, 5.74) is 4.34. The van der Waals surface area contributed by atoms with Crippen LogP contribution in [0.3, 0.4) is 0 Å². The second-order valence-electron chi connectivity index (χ2n) is 3.39. The van der Waals surface area contributed by atoms with E-state index in [1.807, 2.05) is 39.8 Å². The van der Waals surface area contributed by atoms with Crippen molar-refractivity contribution in [2.24, 2.45) is 0 Å². The van der Waals surface area contributed by atoms with E-state index < -0.39 is 0 Å². The Morgan fingerprint density at radius 1 is 0.905 bits per heavy atom. The van der Waals surface area contributed by atoms with Crippen LogP contribution in [0.4, 0.5) is 0 Å². The van der Waals surface area contributed by atoms with Crippen LogP contribution < -0.4 is 0 Å². The van der Waals surface area contributed by atoms with E-state index in [0.29, 0.717) is 0 Å². The van der Waals surface area contributed by atoms with Crippen molar-refractivity contribution in [2.75, 3.05) is 0 Å². The molecule has 0 aromatic heterocycles. The molecule has 1 aromatic rings. The maximum Gasteiger partial charge on any atom is -0.0190 e. The van der Waals surface area contributed by atoms with E-state index in [2.05, 4.69) is 44.9 Å². The second kappa shape index (κ2) is 18.2. The quantitative estimate of drug-likeness (QED) is 0.499. The lowest BCUT2D eigenvalue weighted by molar-refractivity contribution is 1.44. The Morgan fingerprint density at radius 3 is 1.76 bits per heavy atom. The van der Waals surface area contributed by atoms with Crippen molar-refractivity contribution in [3.05, 3.63) is 78.4 Å². The molecule has 0 heteroatoms. The molecule has 0 heterocycles. The SMILES string of the molecule is C.C.C=CC(=C)/C(C=C)=C\c1ccccc1C.CC.CC. The predicted molar refractivity (Wildman–Crippen MR) is 105 cm³/mol. The number of rotatable bonds is 4. The summed E-state index contributed by atoms with van der Waals surface area (Å²) in [7, 11) is 0. The van der Waals surface area contributed by atoms with Crippen molar-refractivity contribution in [1.82, 2.24) is 0 Å². The minimum atomic E-state index is 0. The average Bonchev–Trinajstić information content (AvgIpc) is 2.49. The highest BCUT2D eigenvalue weighted by Crippen LogP contribution is 2.17. The molecule has 0 radical (unpaired) electrons. The first kappa shape index (κ1) is 27.5. The highest BCUT2D eigenvalue weighted by molar-refractivity contribution is 5.65. The van der Waals surface area contributed by atoms with Crippen molar-refractivity contribution >= 4 is 6.08 Å². The summed E-state index contributed by atoms with van der Waals surface area (Å²) in [6.07, 6.45) is 5.62. The van der Waals surface area contributed by atoms with Gasteiger partial charge in [0.2, 0.25) is 0 Å². The Balaban J connectivity index is -0.000000221. The van der Waals surface area contributed by atoms with Gasteiger partial charge in [-0.15, -0.1) is 0 Å². The Morgan fingerprint density at radius 2 is 1.38 bits per heavy atom. The summed E-state index contributed by atoms with van der Waals surface area (Å²) in [6, 6.07) is 8.22. The molecule has 0 aliphatic rings. The number of hydrogen-bond acceptors (Lipinski definition) is 0. The van der Waals surface area contributed by atoms with Crippen LogP contribution >= 0.6 is 0 Å². The topological polar surface area (TPSA) is 0 Å². The van der Waals surface area contributed by atoms with Crippen molar-refractivity contribution < 1.29 is 0 Å². The first-order valence-corrected chi connectivity index (χ1v) is 6.90. The van der Waals surface area contributed by atoms with E-state index in [-0.39, 0.29) is 14.9 Å². The monoisotopic (exact) mass is 288 g/mol. The molecule has 0 saturated carbocycles. The van der Waals surface area contributed by atoms with Gasteiger partial charge in [0, 0.05) is 0 Å². The van der Waals surface area contributed by atoms with Crippen LogP contribution in [-0.4, -0.2) is 0 Å². The normalized spacial score (nSPS) is 8.33. The molecule has 1 rings (SSSR count). The molecule has 0 atom stereocenters. The number of benzene rings is 1. The van der Waals surface area contributed by atoms with Crippen LogP contribution in [0.1, 0.15) is 53.7 Å². The van der Waals surface area contributed by atoms with E-state index in [4.69, 9.17) is 0 Å². The molecule has 0 nitrogen and oxygen atoms in total. The summed E-state index contributed by atoms with van der Waals surface area (Å²) in [5.74, 6) is 0. The van der Waals surface area contributed by atoms with Gasteiger partial charge in [-0.3, -0.25) is 0 Å². The largest absolute Gasteiger partial charge is 0.0985 e. The second-order valence-corrected chi connectivity index (χ2v) is 3.39. The Kier molecular flexibility index (Phi) is 23.8. The fraction of sp³-hybridized carbons (Fsp3) is 0.333. The third-order valence-electron chi connectivity index (χ3n) is 2.34. The highest BCUT2D eigenvalue weighted by atomic mass is 14.0. The van der Waals surface area contributed by atoms with Crippen molar-refractivity contribution in [1.29, 1.82) is 0 Å². The van der Waals surface area contributed by atoms with Crippen LogP contribution in [0, 0.1) is 6.92 Å². The van der Waals surface area contributed by atoms with Crippen molar-refractivity contribution in [3.8, 4) is 0 Å². The smallest absolute Gasteiger partial charge is 0.0190 e. The lowest BCUT2D eigenvalue weighted by Gasteiger charge is -2.04. The van der Waals surface area contributed by atoms with Gasteiger partial charge in [0.1, 0.15) is 0 Å². The third kappa shape index (κ3) is 10.6. The molecular formula is C21H36. The van der Waals surface area contributed by atoms with Crippen LogP contribution in [-0.2, 0) is 0 Å². The molecule has 0 unspecified atom stereocenters. The zero-order valence-corrected chi connectivity index (χ0v) is 13.2. The van der Waals surface area contributed by atoms with Crippen LogP contribution in [0.2, 0.25) is 0 Å². The Bertz CT molecular complexity index is 419. The lowest BCUT2D eigenvalue weighted by atomic mass is 10.0. The van der Waals surface area contributed by atoms with Gasteiger partial charge in [0.25, 0.3) is 0 Å². The molecule has 0 fully saturated rings. The first-order chi connectivity index (χ1) is 9.19. The van der Waals surface area contributed by atoms with Gasteiger partial charge in [-0.05, 0) is 35.3 Å². The Hall–Kier alpha value is -1.82. The van der Waals surface area contributed by atoms with Gasteiger partial charge in [-0.25, -0.2) is 0 Å². The summed E-state index contributed by atoms with van der Waals surface area (Å²) in [6.45, 7) is 21.5. The number of aryl methyl sites for hydroxylation is 1. The average molecular weight is 289 g/mol. The van der Waals surface area contributed by atoms with E-state index in [9.17, 15) is 0 Å². The van der Waals surface area contributed by atoms with Crippen LogP contribution in [0.15, 0.2) is 67.3 Å². The molecule has 0 spiro atoms. The zero-order valence-electron chi connectivity index (χ0n) is 13.2. The summed E-state index contributed by atoms with van der Waals surface area (Å²) < 4.78 is 0. The minimum absolute atomic E-state index is 0. The van der Waals surface area contributed by atoms with Crippen LogP contribution in [0.25, 0.3) is 6.08 Å². The van der Waals surface area contributed by atoms with Gasteiger partial charge in [0.05, 0.1) is 0 Å². The Labute approximate surface area is 134 Å². The standard InChI is InChI=1S/C15H16.2C2H6.2CH4/c1-5-12(3)14(6-2)11-15-10-8-7-9-13(15)4;2*1-2;;/h5-11H,1-3H2,4H3;2*1-2H3;2*1H4/b14-11-;;;;. The molecule has 0 saturated heterocycles. The molecule has 0 aliphatic heterocycles. The fourth-order valence-electron chi connectivity index (χ4n) is 1.32. The highest BCUT2D eigenvalue weighted by Gasteiger charge is 1.97. The third-order valence-corrected chi connectivity index (χ3v) is 2.34.